The molecule has 1 rings (SSSR count). The Morgan fingerprint density at radius 3 is 1.88 bits per heavy atom. The van der Waals surface area contributed by atoms with Crippen LogP contribution < -0.4 is 0 Å². The van der Waals surface area contributed by atoms with Crippen LogP contribution in [0.25, 0.3) is 0 Å². The van der Waals surface area contributed by atoms with Crippen LogP contribution in [0.2, 0.25) is 0 Å². The Bertz CT molecular complexity index is 363. The summed E-state index contributed by atoms with van der Waals surface area (Å²) < 4.78 is 22.3. The second kappa shape index (κ2) is 5.31. The Hall–Kier alpha value is 0.610. The van der Waals surface area contributed by atoms with Gasteiger partial charge in [-0.05, 0) is 18.8 Å². The summed E-state index contributed by atoms with van der Waals surface area (Å²) >= 11 is 4.14. The van der Waals surface area contributed by atoms with Crippen molar-refractivity contribution in [3.8, 4) is 0 Å². The molecule has 102 valence electrons. The molecule has 0 heterocycles. The Morgan fingerprint density at radius 1 is 1.06 bits per heavy atom. The van der Waals surface area contributed by atoms with Crippen LogP contribution in [-0.4, -0.2) is 41.4 Å². The molecule has 0 aromatic heterocycles. The van der Waals surface area contributed by atoms with E-state index in [-0.39, 0.29) is 5.25 Å². The van der Waals surface area contributed by atoms with Gasteiger partial charge in [0.05, 0.1) is 0 Å². The Kier molecular flexibility index (Phi) is 4.89. The minimum Gasteiger partial charge on any atom is -0.380 e. The number of aliphatic hydroxyl groups is 1. The molecule has 4 atom stereocenters. The fraction of sp³-hybridized carbons (Fsp3) is 1.00. The molecule has 17 heavy (non-hydrogen) atoms. The molecule has 5 N–H and O–H groups in total. The number of thiol groups is 1. The van der Waals surface area contributed by atoms with Crippen LogP contribution >= 0.6 is 27.8 Å². The van der Waals surface area contributed by atoms with Gasteiger partial charge in [-0.25, -0.2) is 0 Å². The average molecular weight is 306 g/mol. The molecule has 1 saturated carbocycles. The van der Waals surface area contributed by atoms with E-state index in [1.165, 1.54) is 0 Å². The lowest BCUT2D eigenvalue weighted by Gasteiger charge is -2.31. The summed E-state index contributed by atoms with van der Waals surface area (Å²) in [5.41, 5.74) is -1.76. The van der Waals surface area contributed by atoms with Gasteiger partial charge in [0.25, 0.3) is 0 Å². The predicted molar refractivity (Wildman–Crippen MR) is 64.0 cm³/mol. The summed E-state index contributed by atoms with van der Waals surface area (Å²) in [5.74, 6) is -3.04. The van der Waals surface area contributed by atoms with E-state index in [1.54, 1.807) is 0 Å². The van der Waals surface area contributed by atoms with Crippen molar-refractivity contribution in [3.63, 3.8) is 0 Å². The van der Waals surface area contributed by atoms with Gasteiger partial charge in [0.1, 0.15) is 5.66 Å². The van der Waals surface area contributed by atoms with Crippen LogP contribution in [0, 0.1) is 5.92 Å². The van der Waals surface area contributed by atoms with Crippen molar-refractivity contribution in [2.75, 3.05) is 0 Å². The molecule has 0 saturated heterocycles. The molecular formula is C7H16O7P2S. The van der Waals surface area contributed by atoms with Crippen molar-refractivity contribution in [1.29, 1.82) is 0 Å². The summed E-state index contributed by atoms with van der Waals surface area (Å²) in [7, 11) is -9.77. The zero-order valence-corrected chi connectivity index (χ0v) is 11.5. The number of aliphatic hydroxyl groups excluding tert-OH is 1. The summed E-state index contributed by atoms with van der Waals surface area (Å²) in [5, 5.41) is 9.10. The van der Waals surface area contributed by atoms with E-state index in [9.17, 15) is 14.2 Å². The highest BCUT2D eigenvalue weighted by Gasteiger charge is 2.51. The smallest absolute Gasteiger partial charge is 0.354 e. The number of rotatable bonds is 4. The van der Waals surface area contributed by atoms with Gasteiger partial charge < -0.3 is 24.7 Å². The molecule has 4 unspecified atom stereocenters. The van der Waals surface area contributed by atoms with Crippen LogP contribution in [0.4, 0.5) is 0 Å². The van der Waals surface area contributed by atoms with Gasteiger partial charge >= 0.3 is 15.2 Å². The zero-order valence-electron chi connectivity index (χ0n) is 8.82. The molecule has 1 fully saturated rings. The van der Waals surface area contributed by atoms with E-state index < -0.39 is 32.6 Å². The molecule has 0 bridgehead atoms. The third-order valence-corrected chi connectivity index (χ3v) is 6.34. The van der Waals surface area contributed by atoms with Crippen molar-refractivity contribution in [3.05, 3.63) is 0 Å². The van der Waals surface area contributed by atoms with E-state index in [0.29, 0.717) is 19.3 Å². The first kappa shape index (κ1) is 15.7. The van der Waals surface area contributed by atoms with Crippen molar-refractivity contribution in [1.82, 2.24) is 0 Å². The standard InChI is InChI=1S/C7H16O7P2S/c8-7(16(12,13)14)6(15(9,10)11)4-2-1-3-5(4)17/h4-8,17H,1-3H2,(H2,9,10,11)(H2,12,13,14). The Balaban J connectivity index is 3.05. The molecule has 1 aliphatic rings. The maximum absolute atomic E-state index is 11.3. The monoisotopic (exact) mass is 306 g/mol. The van der Waals surface area contributed by atoms with Crippen molar-refractivity contribution in [2.24, 2.45) is 5.92 Å². The Morgan fingerprint density at radius 2 is 1.59 bits per heavy atom. The SMILES string of the molecule is O=P(O)(O)C(O)C(C1CCCC1S)P(=O)(O)O. The molecule has 0 amide bonds. The van der Waals surface area contributed by atoms with Gasteiger partial charge in [-0.15, -0.1) is 0 Å². The van der Waals surface area contributed by atoms with Crippen LogP contribution in [0.5, 0.6) is 0 Å². The van der Waals surface area contributed by atoms with Crippen molar-refractivity contribution < 1.29 is 33.8 Å². The lowest BCUT2D eigenvalue weighted by molar-refractivity contribution is 0.164. The highest BCUT2D eigenvalue weighted by Crippen LogP contribution is 2.58. The third-order valence-electron chi connectivity index (χ3n) is 3.01. The molecule has 0 aromatic carbocycles. The van der Waals surface area contributed by atoms with E-state index in [4.69, 9.17) is 19.6 Å². The third kappa shape index (κ3) is 3.78. The van der Waals surface area contributed by atoms with Crippen LogP contribution in [0.15, 0.2) is 0 Å². The largest absolute Gasteiger partial charge is 0.380 e. The Labute approximate surface area is 104 Å². The van der Waals surface area contributed by atoms with Gasteiger partial charge in [0.2, 0.25) is 0 Å². The number of hydrogen-bond donors (Lipinski definition) is 6. The average Bonchev–Trinajstić information content (AvgIpc) is 2.48. The molecule has 1 aliphatic carbocycles. The number of hydrogen-bond acceptors (Lipinski definition) is 4. The molecule has 10 heteroatoms. The van der Waals surface area contributed by atoms with Crippen LogP contribution in [0.3, 0.4) is 0 Å². The predicted octanol–water partition coefficient (Wildman–Crippen LogP) is 0.127. The summed E-state index contributed by atoms with van der Waals surface area (Å²) in [6.07, 6.45) is 1.67. The van der Waals surface area contributed by atoms with Crippen LogP contribution in [0.1, 0.15) is 19.3 Å². The minimum absolute atomic E-state index is 0.367. The van der Waals surface area contributed by atoms with Gasteiger partial charge in [-0.3, -0.25) is 9.13 Å². The normalized spacial score (nSPS) is 30.2. The van der Waals surface area contributed by atoms with Gasteiger partial charge in [0.15, 0.2) is 5.85 Å². The first-order valence-electron chi connectivity index (χ1n) is 5.01. The fourth-order valence-electron chi connectivity index (χ4n) is 2.21. The zero-order chi connectivity index (χ0) is 13.4. The highest BCUT2D eigenvalue weighted by atomic mass is 32.1. The van der Waals surface area contributed by atoms with E-state index in [2.05, 4.69) is 12.6 Å². The van der Waals surface area contributed by atoms with Crippen molar-refractivity contribution in [2.45, 2.75) is 36.0 Å². The quantitative estimate of drug-likeness (QED) is 0.321. The van der Waals surface area contributed by atoms with Gasteiger partial charge in [-0.1, -0.05) is 6.42 Å². The molecular weight excluding hydrogens is 290 g/mol. The molecule has 0 aromatic rings. The van der Waals surface area contributed by atoms with E-state index in [0.717, 1.165) is 0 Å². The van der Waals surface area contributed by atoms with Gasteiger partial charge in [0, 0.05) is 5.25 Å². The second-order valence-electron chi connectivity index (χ2n) is 4.24. The maximum atomic E-state index is 11.3. The highest BCUT2D eigenvalue weighted by molar-refractivity contribution is 7.81. The summed E-state index contributed by atoms with van der Waals surface area (Å²) in [4.78, 5) is 36.0. The maximum Gasteiger partial charge on any atom is 0.354 e. The van der Waals surface area contributed by atoms with Gasteiger partial charge in [-0.2, -0.15) is 12.6 Å². The molecule has 0 spiro atoms. The topological polar surface area (TPSA) is 135 Å². The first-order valence-corrected chi connectivity index (χ1v) is 8.89. The van der Waals surface area contributed by atoms with E-state index in [1.807, 2.05) is 0 Å². The van der Waals surface area contributed by atoms with E-state index >= 15 is 0 Å². The molecule has 7 nitrogen and oxygen atoms in total. The summed E-state index contributed by atoms with van der Waals surface area (Å²) in [6, 6.07) is 0. The molecule has 0 aliphatic heterocycles. The fourth-order valence-corrected chi connectivity index (χ4v) is 5.73. The minimum atomic E-state index is -4.96. The van der Waals surface area contributed by atoms with Crippen LogP contribution in [-0.2, 0) is 9.13 Å². The lowest BCUT2D eigenvalue weighted by Crippen LogP contribution is -2.35. The first-order chi connectivity index (χ1) is 7.55. The lowest BCUT2D eigenvalue weighted by atomic mass is 10.0. The second-order valence-corrected chi connectivity index (χ2v) is 8.39. The van der Waals surface area contributed by atoms with Crippen molar-refractivity contribution >= 4 is 27.8 Å². The molecule has 0 radical (unpaired) electrons. The summed E-state index contributed by atoms with van der Waals surface area (Å²) in [6.45, 7) is 0.